The second kappa shape index (κ2) is 10.3. The number of nitro groups is 1. The molecule has 3 aliphatic heterocycles. The van der Waals surface area contributed by atoms with Gasteiger partial charge in [0.2, 0.25) is 8.41 Å². The van der Waals surface area contributed by atoms with Crippen molar-refractivity contribution in [3.8, 4) is 0 Å². The first kappa shape index (κ1) is 29.3. The summed E-state index contributed by atoms with van der Waals surface area (Å²) < 4.78 is 22.3. The maximum atomic E-state index is 15.8. The lowest BCUT2D eigenvalue weighted by Gasteiger charge is -2.31. The van der Waals surface area contributed by atoms with Gasteiger partial charge in [0.25, 0.3) is 17.5 Å². The van der Waals surface area contributed by atoms with Crippen LogP contribution in [0, 0.1) is 16.0 Å². The first-order valence-electron chi connectivity index (χ1n) is 15.0. The van der Waals surface area contributed by atoms with E-state index in [-0.39, 0.29) is 31.2 Å². The first-order valence-corrected chi connectivity index (χ1v) is 18.0. The van der Waals surface area contributed by atoms with E-state index in [9.17, 15) is 24.8 Å². The van der Waals surface area contributed by atoms with Crippen LogP contribution in [0.25, 0.3) is 10.8 Å². The van der Waals surface area contributed by atoms with Gasteiger partial charge in [-0.25, -0.2) is 0 Å². The third kappa shape index (κ3) is 4.25. The molecule has 1 saturated heterocycles. The molecule has 0 saturated carbocycles. The number of nitro benzene ring substituents is 1. The number of nitrogens with zero attached hydrogens (tertiary/aromatic N) is 3. The SMILES string of the molecule is C[C@@H]1[C@@H]([Si](C)(C)F)[C@H](CCO)O[C@@]12C(=O)N(Cc1ccc(N3C(=O)c4cccc5cccc3c45)cc1)c1ccc([N+](=O)[O-])cc12. The predicted octanol–water partition coefficient (Wildman–Crippen LogP) is 6.74. The van der Waals surface area contributed by atoms with Crippen molar-refractivity contribution in [2.75, 3.05) is 16.4 Å². The summed E-state index contributed by atoms with van der Waals surface area (Å²) in [6.45, 7) is 4.81. The van der Waals surface area contributed by atoms with Crippen LogP contribution in [0.4, 0.5) is 26.9 Å². The fourth-order valence-corrected chi connectivity index (χ4v) is 10.4. The van der Waals surface area contributed by atoms with Gasteiger partial charge in [0.05, 0.1) is 34.5 Å². The van der Waals surface area contributed by atoms with Crippen molar-refractivity contribution in [2.45, 2.75) is 50.2 Å². The number of benzene rings is 4. The third-order valence-electron chi connectivity index (χ3n) is 9.66. The minimum absolute atomic E-state index is 0.111. The van der Waals surface area contributed by atoms with E-state index >= 15 is 4.11 Å². The fourth-order valence-electron chi connectivity index (χ4n) is 7.81. The Hall–Kier alpha value is -4.45. The third-order valence-corrected chi connectivity index (χ3v) is 12.1. The average Bonchev–Trinajstić information content (AvgIpc) is 3.56. The molecule has 0 radical (unpaired) electrons. The average molecular weight is 626 g/mol. The molecule has 0 aromatic heterocycles. The molecule has 3 aliphatic rings. The number of ether oxygens (including phenoxy) is 1. The second-order valence-electron chi connectivity index (χ2n) is 12.6. The quantitative estimate of drug-likeness (QED) is 0.105. The van der Waals surface area contributed by atoms with Crippen molar-refractivity contribution in [1.29, 1.82) is 0 Å². The number of amides is 2. The number of anilines is 3. The van der Waals surface area contributed by atoms with E-state index in [0.717, 1.165) is 22.0 Å². The summed E-state index contributed by atoms with van der Waals surface area (Å²) in [7, 11) is -3.40. The molecule has 4 aromatic rings. The zero-order valence-electron chi connectivity index (χ0n) is 25.1. The molecule has 4 atom stereocenters. The maximum Gasteiger partial charge on any atom is 0.269 e. The van der Waals surface area contributed by atoms with Gasteiger partial charge in [-0.1, -0.05) is 43.3 Å². The molecule has 7 rings (SSSR count). The van der Waals surface area contributed by atoms with Crippen molar-refractivity contribution in [2.24, 2.45) is 5.92 Å². The summed E-state index contributed by atoms with van der Waals surface area (Å²) in [5.74, 6) is -1.14. The fraction of sp³-hybridized carbons (Fsp3) is 0.294. The van der Waals surface area contributed by atoms with Gasteiger partial charge in [-0.2, -0.15) is 0 Å². The van der Waals surface area contributed by atoms with Crippen LogP contribution in [-0.4, -0.2) is 43.0 Å². The van der Waals surface area contributed by atoms with Crippen LogP contribution in [-0.2, 0) is 21.7 Å². The van der Waals surface area contributed by atoms with Crippen molar-refractivity contribution in [3.05, 3.63) is 106 Å². The summed E-state index contributed by atoms with van der Waals surface area (Å²) >= 11 is 0. The molecule has 11 heteroatoms. The number of halogens is 1. The Bertz CT molecular complexity index is 1890. The van der Waals surface area contributed by atoms with Gasteiger partial charge < -0.3 is 18.9 Å². The minimum atomic E-state index is -3.40. The second-order valence-corrected chi connectivity index (χ2v) is 16.4. The number of non-ortho nitro benzene ring substituents is 1. The van der Waals surface area contributed by atoms with Crippen molar-refractivity contribution < 1.29 is 28.5 Å². The van der Waals surface area contributed by atoms with Crippen LogP contribution in [0.3, 0.4) is 0 Å². The summed E-state index contributed by atoms with van der Waals surface area (Å²) in [5.41, 5.74) is 1.33. The number of aliphatic hydroxyl groups is 1. The Labute approximate surface area is 260 Å². The zero-order valence-corrected chi connectivity index (χ0v) is 26.1. The number of rotatable bonds is 7. The Kier molecular flexibility index (Phi) is 6.70. The zero-order chi connectivity index (χ0) is 31.8. The molecule has 1 spiro atoms. The van der Waals surface area contributed by atoms with Gasteiger partial charge in [0.1, 0.15) is 0 Å². The molecule has 45 heavy (non-hydrogen) atoms. The van der Waals surface area contributed by atoms with Crippen LogP contribution in [0.2, 0.25) is 18.6 Å². The number of aliphatic hydroxyl groups excluding tert-OH is 1. The number of hydrogen-bond acceptors (Lipinski definition) is 6. The lowest BCUT2D eigenvalue weighted by atomic mass is 9.82. The monoisotopic (exact) mass is 625 g/mol. The molecule has 0 aliphatic carbocycles. The van der Waals surface area contributed by atoms with Crippen LogP contribution in [0.15, 0.2) is 78.9 Å². The van der Waals surface area contributed by atoms with E-state index < -0.39 is 42.4 Å². The molecular formula is C34H32FN3O6Si. The Morgan fingerprint density at radius 2 is 1.73 bits per heavy atom. The highest BCUT2D eigenvalue weighted by Crippen LogP contribution is 2.60. The van der Waals surface area contributed by atoms with E-state index in [1.165, 1.54) is 12.1 Å². The molecule has 230 valence electrons. The summed E-state index contributed by atoms with van der Waals surface area (Å²) in [6, 6.07) is 23.2. The molecule has 0 unspecified atom stereocenters. The molecule has 0 bridgehead atoms. The molecule has 2 amide bonds. The topological polar surface area (TPSA) is 113 Å². The minimum Gasteiger partial charge on any atom is -0.396 e. The van der Waals surface area contributed by atoms with Crippen LogP contribution >= 0.6 is 0 Å². The highest BCUT2D eigenvalue weighted by atomic mass is 28.4. The van der Waals surface area contributed by atoms with Crippen LogP contribution < -0.4 is 9.80 Å². The van der Waals surface area contributed by atoms with Crippen LogP contribution in [0.1, 0.15) is 34.8 Å². The molecule has 9 nitrogen and oxygen atoms in total. The van der Waals surface area contributed by atoms with Crippen molar-refractivity contribution in [3.63, 3.8) is 0 Å². The van der Waals surface area contributed by atoms with Gasteiger partial charge in [0, 0.05) is 46.8 Å². The van der Waals surface area contributed by atoms with Gasteiger partial charge in [-0.15, -0.1) is 0 Å². The lowest BCUT2D eigenvalue weighted by Crippen LogP contribution is -2.45. The van der Waals surface area contributed by atoms with E-state index in [4.69, 9.17) is 4.74 Å². The molecular weight excluding hydrogens is 593 g/mol. The molecule has 3 heterocycles. The summed E-state index contributed by atoms with van der Waals surface area (Å²) in [6.07, 6.45) is -0.554. The lowest BCUT2D eigenvalue weighted by molar-refractivity contribution is -0.385. The first-order chi connectivity index (χ1) is 21.5. The van der Waals surface area contributed by atoms with Gasteiger partial charge in [0.15, 0.2) is 5.60 Å². The van der Waals surface area contributed by atoms with Gasteiger partial charge in [-0.05, 0) is 60.8 Å². The van der Waals surface area contributed by atoms with E-state index in [2.05, 4.69) is 0 Å². The smallest absolute Gasteiger partial charge is 0.269 e. The van der Waals surface area contributed by atoms with Crippen LogP contribution in [0.5, 0.6) is 0 Å². The van der Waals surface area contributed by atoms with Crippen molar-refractivity contribution >= 4 is 53.7 Å². The summed E-state index contributed by atoms with van der Waals surface area (Å²) in [4.78, 5) is 42.4. The van der Waals surface area contributed by atoms with E-state index in [0.29, 0.717) is 22.5 Å². The van der Waals surface area contributed by atoms with E-state index in [1.807, 2.05) is 60.7 Å². The van der Waals surface area contributed by atoms with Crippen molar-refractivity contribution in [1.82, 2.24) is 0 Å². The molecule has 1 N–H and O–H groups in total. The normalized spacial score (nSPS) is 23.9. The highest BCUT2D eigenvalue weighted by molar-refractivity contribution is 6.72. The summed E-state index contributed by atoms with van der Waals surface area (Å²) in [5, 5.41) is 23.4. The number of fused-ring (bicyclic) bond motifs is 2. The van der Waals surface area contributed by atoms with E-state index in [1.54, 1.807) is 35.9 Å². The highest BCUT2D eigenvalue weighted by Gasteiger charge is 2.66. The largest absolute Gasteiger partial charge is 0.396 e. The predicted molar refractivity (Wildman–Crippen MR) is 171 cm³/mol. The Morgan fingerprint density at radius 1 is 1.02 bits per heavy atom. The standard InChI is InChI=1S/C34H32FN3O6Si/c1-20-31(45(2,3)35)29(16-17-39)44-34(20)26-18-24(38(42)43)14-15-27(26)36(33(34)41)19-21-10-12-23(13-11-21)37-28-9-5-7-22-6-4-8-25(30(22)28)32(37)40/h4-15,18,20,29,31,39H,16-17,19H2,1-3H3/t20-,29+,31-,34+/m1/s1. The number of hydrogen-bond donors (Lipinski definition) is 1. The molecule has 4 aromatic carbocycles. The van der Waals surface area contributed by atoms with Gasteiger partial charge >= 0.3 is 0 Å². The number of carbonyl (C=O) groups is 2. The van der Waals surface area contributed by atoms with Gasteiger partial charge in [-0.3, -0.25) is 24.6 Å². The Balaban J connectivity index is 1.25. The maximum absolute atomic E-state index is 15.8. The number of carbonyl (C=O) groups excluding carboxylic acids is 2. The molecule has 1 fully saturated rings. The Morgan fingerprint density at radius 3 is 2.40 bits per heavy atom.